The van der Waals surface area contributed by atoms with Gasteiger partial charge in [-0.25, -0.2) is 4.79 Å². The minimum absolute atomic E-state index is 0.351. The van der Waals surface area contributed by atoms with Crippen LogP contribution in [0.15, 0.2) is 24.3 Å². The fourth-order valence-electron chi connectivity index (χ4n) is 4.08. The van der Waals surface area contributed by atoms with Crippen LogP contribution >= 0.6 is 0 Å². The van der Waals surface area contributed by atoms with Crippen molar-refractivity contribution in [2.24, 2.45) is 0 Å². The molecule has 1 unspecified atom stereocenters. The quantitative estimate of drug-likeness (QED) is 0.412. The van der Waals surface area contributed by atoms with Crippen molar-refractivity contribution in [2.45, 2.75) is 50.7 Å². The molecule has 2 fully saturated rings. The van der Waals surface area contributed by atoms with E-state index in [1.54, 1.807) is 31.3 Å². The Kier molecular flexibility index (Phi) is 5.91. The number of benzene rings is 1. The molecule has 3 rings (SSSR count). The molecule has 0 bridgehead atoms. The molecule has 156 valence electrons. The predicted octanol–water partition coefficient (Wildman–Crippen LogP) is 2.41. The maximum atomic E-state index is 12.9. The van der Waals surface area contributed by atoms with E-state index in [2.05, 4.69) is 0 Å². The number of hydrogen-bond donors (Lipinski definition) is 0. The first kappa shape index (κ1) is 20.8. The number of likely N-dealkylation sites (N-methyl/N-ethyl adjacent to an activating group) is 1. The average Bonchev–Trinajstić information content (AvgIpc) is 2.90. The average molecular weight is 402 g/mol. The van der Waals surface area contributed by atoms with Crippen LogP contribution in [-0.4, -0.2) is 65.8 Å². The molecule has 0 radical (unpaired) electrons. The number of imide groups is 1. The second-order valence-corrected chi connectivity index (χ2v) is 7.55. The number of ketones is 1. The van der Waals surface area contributed by atoms with Crippen molar-refractivity contribution in [3.63, 3.8) is 0 Å². The van der Waals surface area contributed by atoms with Gasteiger partial charge in [0.1, 0.15) is 17.8 Å². The normalized spacial score (nSPS) is 19.4. The summed E-state index contributed by atoms with van der Waals surface area (Å²) in [6, 6.07) is 5.95. The highest BCUT2D eigenvalue weighted by atomic mass is 16.5. The number of methoxy groups -OCH3 is 1. The summed E-state index contributed by atoms with van der Waals surface area (Å²) in [6.07, 6.45) is 2.94. The summed E-state index contributed by atoms with van der Waals surface area (Å²) >= 11 is 0. The van der Waals surface area contributed by atoms with Gasteiger partial charge in [-0.2, -0.15) is 0 Å². The van der Waals surface area contributed by atoms with Crippen LogP contribution in [0.25, 0.3) is 0 Å². The second kappa shape index (κ2) is 8.23. The van der Waals surface area contributed by atoms with Gasteiger partial charge in [-0.05, 0) is 44.0 Å². The van der Waals surface area contributed by atoms with E-state index in [-0.39, 0.29) is 11.7 Å². The Labute approximate surface area is 169 Å². The number of urea groups is 1. The maximum absolute atomic E-state index is 12.9. The van der Waals surface area contributed by atoms with E-state index in [0.717, 1.165) is 24.2 Å². The molecule has 3 amide bonds. The van der Waals surface area contributed by atoms with Crippen molar-refractivity contribution in [1.82, 2.24) is 9.80 Å². The van der Waals surface area contributed by atoms with Gasteiger partial charge in [-0.3, -0.25) is 19.3 Å². The highest BCUT2D eigenvalue weighted by Gasteiger charge is 2.56. The summed E-state index contributed by atoms with van der Waals surface area (Å²) in [4.78, 5) is 52.7. The van der Waals surface area contributed by atoms with Crippen molar-refractivity contribution >= 4 is 23.7 Å². The number of carbonyl (C=O) groups is 4. The van der Waals surface area contributed by atoms with Crippen LogP contribution in [0.1, 0.15) is 49.4 Å². The van der Waals surface area contributed by atoms with Crippen LogP contribution in [0, 0.1) is 0 Å². The summed E-state index contributed by atoms with van der Waals surface area (Å²) in [6.45, 7) is 0.969. The van der Waals surface area contributed by atoms with Gasteiger partial charge in [0, 0.05) is 12.6 Å². The molecule has 1 heterocycles. The number of nitrogens with zero attached hydrogens (tertiary/aromatic N) is 2. The van der Waals surface area contributed by atoms with Gasteiger partial charge >= 0.3 is 12.0 Å². The van der Waals surface area contributed by atoms with Crippen molar-refractivity contribution < 1.29 is 28.7 Å². The van der Waals surface area contributed by atoms with Gasteiger partial charge in [0.15, 0.2) is 6.10 Å². The fraction of sp³-hybridized carbons (Fsp3) is 0.524. The van der Waals surface area contributed by atoms with Gasteiger partial charge in [0.25, 0.3) is 5.91 Å². The van der Waals surface area contributed by atoms with E-state index in [1.165, 1.54) is 18.9 Å². The molecule has 1 aliphatic carbocycles. The Balaban J connectivity index is 1.63. The molecule has 1 atom stereocenters. The molecular formula is C21H26N2O6. The number of ether oxygens (including phenoxy) is 2. The Hall–Kier alpha value is -2.90. The van der Waals surface area contributed by atoms with E-state index in [1.807, 2.05) is 0 Å². The molecule has 8 heteroatoms. The zero-order chi connectivity index (χ0) is 21.2. The number of amides is 3. The number of esters is 1. The predicted molar refractivity (Wildman–Crippen MR) is 104 cm³/mol. The van der Waals surface area contributed by atoms with E-state index in [0.29, 0.717) is 24.2 Å². The lowest BCUT2D eigenvalue weighted by molar-refractivity contribution is -0.150. The molecule has 1 aromatic rings. The summed E-state index contributed by atoms with van der Waals surface area (Å²) < 4.78 is 10.3. The smallest absolute Gasteiger partial charge is 0.327 e. The van der Waals surface area contributed by atoms with Crippen LogP contribution in [0.5, 0.6) is 5.75 Å². The van der Waals surface area contributed by atoms with Crippen LogP contribution in [0.2, 0.25) is 0 Å². The van der Waals surface area contributed by atoms with E-state index in [4.69, 9.17) is 9.47 Å². The van der Waals surface area contributed by atoms with E-state index < -0.39 is 30.2 Å². The third-order valence-electron chi connectivity index (χ3n) is 5.82. The van der Waals surface area contributed by atoms with Crippen LogP contribution in [-0.2, 0) is 14.3 Å². The van der Waals surface area contributed by atoms with Crippen LogP contribution in [0.3, 0.4) is 0 Å². The van der Waals surface area contributed by atoms with Gasteiger partial charge in [-0.1, -0.05) is 19.3 Å². The molecule has 8 nitrogen and oxygen atoms in total. The lowest BCUT2D eigenvalue weighted by Crippen LogP contribution is -2.49. The molecule has 1 spiro atoms. The van der Waals surface area contributed by atoms with Crippen LogP contribution < -0.4 is 4.74 Å². The highest BCUT2D eigenvalue weighted by Crippen LogP contribution is 2.39. The van der Waals surface area contributed by atoms with Gasteiger partial charge in [-0.15, -0.1) is 0 Å². The molecule has 0 aromatic heterocycles. The Morgan fingerprint density at radius 2 is 1.72 bits per heavy atom. The first-order valence-corrected chi connectivity index (χ1v) is 9.77. The zero-order valence-corrected chi connectivity index (χ0v) is 17.0. The van der Waals surface area contributed by atoms with Crippen molar-refractivity contribution in [3.05, 3.63) is 29.8 Å². The molecular weight excluding hydrogens is 376 g/mol. The van der Waals surface area contributed by atoms with Crippen LogP contribution in [0.4, 0.5) is 4.79 Å². The molecule has 1 saturated carbocycles. The van der Waals surface area contributed by atoms with E-state index >= 15 is 0 Å². The Morgan fingerprint density at radius 3 is 2.31 bits per heavy atom. The number of Topliss-reactive ketones (excluding diaryl/α,β-unsaturated/α-hetero) is 1. The maximum Gasteiger partial charge on any atom is 0.327 e. The minimum Gasteiger partial charge on any atom is -0.497 e. The van der Waals surface area contributed by atoms with E-state index in [9.17, 15) is 19.2 Å². The Morgan fingerprint density at radius 1 is 1.10 bits per heavy atom. The molecule has 0 N–H and O–H groups in total. The topological polar surface area (TPSA) is 93.2 Å². The molecule has 1 aromatic carbocycles. The standard InChI is InChI=1S/C21H26N2O6/c1-14(18(25)15-7-9-16(28-3)10-8-15)29-17(24)13-23-19(26)21(22(2)20(23)27)11-5-4-6-12-21/h7-10,14H,4-6,11-13H2,1-3H3. The molecule has 1 aliphatic heterocycles. The summed E-state index contributed by atoms with van der Waals surface area (Å²) in [5, 5.41) is 0. The fourth-order valence-corrected chi connectivity index (χ4v) is 4.08. The lowest BCUT2D eigenvalue weighted by atomic mass is 9.81. The van der Waals surface area contributed by atoms with Crippen molar-refractivity contribution in [2.75, 3.05) is 20.7 Å². The zero-order valence-electron chi connectivity index (χ0n) is 17.0. The molecule has 2 aliphatic rings. The third kappa shape index (κ3) is 3.83. The SMILES string of the molecule is COc1ccc(C(=O)C(C)OC(=O)CN2C(=O)N(C)C3(CCCCC3)C2=O)cc1. The van der Waals surface area contributed by atoms with Gasteiger partial charge in [0.2, 0.25) is 5.78 Å². The minimum atomic E-state index is -1.04. The van der Waals surface area contributed by atoms with Gasteiger partial charge in [0.05, 0.1) is 7.11 Å². The second-order valence-electron chi connectivity index (χ2n) is 7.55. The molecule has 1 saturated heterocycles. The molecule has 29 heavy (non-hydrogen) atoms. The summed E-state index contributed by atoms with van der Waals surface area (Å²) in [5.74, 6) is -0.905. The highest BCUT2D eigenvalue weighted by molar-refractivity contribution is 6.08. The monoisotopic (exact) mass is 402 g/mol. The lowest BCUT2D eigenvalue weighted by Gasteiger charge is -2.35. The summed E-state index contributed by atoms with van der Waals surface area (Å²) in [7, 11) is 3.13. The van der Waals surface area contributed by atoms with Crippen molar-refractivity contribution in [1.29, 1.82) is 0 Å². The Bertz CT molecular complexity index is 813. The van der Waals surface area contributed by atoms with Crippen molar-refractivity contribution in [3.8, 4) is 5.75 Å². The third-order valence-corrected chi connectivity index (χ3v) is 5.82. The largest absolute Gasteiger partial charge is 0.497 e. The first-order chi connectivity index (χ1) is 13.8. The van der Waals surface area contributed by atoms with Gasteiger partial charge < -0.3 is 14.4 Å². The number of carbonyl (C=O) groups excluding carboxylic acids is 4. The number of hydrogen-bond acceptors (Lipinski definition) is 6. The summed E-state index contributed by atoms with van der Waals surface area (Å²) in [5.41, 5.74) is -0.472. The first-order valence-electron chi connectivity index (χ1n) is 9.77. The number of rotatable bonds is 6.